The van der Waals surface area contributed by atoms with Crippen molar-refractivity contribution in [1.82, 2.24) is 10.6 Å². The van der Waals surface area contributed by atoms with Gasteiger partial charge in [-0.1, -0.05) is 0 Å². The first-order chi connectivity index (χ1) is 6.72. The highest BCUT2D eigenvalue weighted by molar-refractivity contribution is 5.78. The van der Waals surface area contributed by atoms with E-state index in [1.165, 1.54) is 12.8 Å². The summed E-state index contributed by atoms with van der Waals surface area (Å²) in [7, 11) is 0. The molecule has 0 saturated heterocycles. The van der Waals surface area contributed by atoms with Crippen LogP contribution in [0.2, 0.25) is 0 Å². The predicted molar refractivity (Wildman–Crippen MR) is 54.9 cm³/mol. The van der Waals surface area contributed by atoms with E-state index in [-0.39, 0.29) is 18.6 Å². The molecule has 4 nitrogen and oxygen atoms in total. The van der Waals surface area contributed by atoms with Crippen LogP contribution in [0.15, 0.2) is 0 Å². The lowest BCUT2D eigenvalue weighted by Crippen LogP contribution is -2.39. The van der Waals surface area contributed by atoms with Crippen molar-refractivity contribution in [2.24, 2.45) is 5.92 Å². The molecule has 1 aliphatic carbocycles. The molecule has 0 spiro atoms. The van der Waals surface area contributed by atoms with Crippen molar-refractivity contribution in [3.8, 4) is 0 Å². The first-order valence-electron chi connectivity index (χ1n) is 5.33. The molecule has 1 amide bonds. The molecule has 1 rings (SSSR count). The Morgan fingerprint density at radius 1 is 1.57 bits per heavy atom. The second-order valence-corrected chi connectivity index (χ2v) is 4.06. The largest absolute Gasteiger partial charge is 0.396 e. The van der Waals surface area contributed by atoms with Gasteiger partial charge in [-0.05, 0) is 38.6 Å². The first-order valence-corrected chi connectivity index (χ1v) is 5.33. The molecule has 0 aromatic carbocycles. The molecule has 3 N–H and O–H groups in total. The lowest BCUT2D eigenvalue weighted by molar-refractivity contribution is -0.120. The second kappa shape index (κ2) is 5.98. The molecule has 1 fully saturated rings. The van der Waals surface area contributed by atoms with E-state index < -0.39 is 0 Å². The van der Waals surface area contributed by atoms with Crippen LogP contribution in [0.25, 0.3) is 0 Å². The van der Waals surface area contributed by atoms with Crippen LogP contribution >= 0.6 is 0 Å². The maximum atomic E-state index is 11.3. The highest BCUT2D eigenvalue weighted by atomic mass is 16.3. The lowest BCUT2D eigenvalue weighted by atomic mass is 10.2. The minimum atomic E-state index is 0.0200. The number of aliphatic hydroxyl groups is 1. The van der Waals surface area contributed by atoms with Crippen LogP contribution in [-0.2, 0) is 4.79 Å². The molecule has 1 unspecified atom stereocenters. The fraction of sp³-hybridized carbons (Fsp3) is 0.900. The van der Waals surface area contributed by atoms with Gasteiger partial charge in [-0.15, -0.1) is 0 Å². The average molecular weight is 200 g/mol. The Morgan fingerprint density at radius 2 is 2.29 bits per heavy atom. The number of carbonyl (C=O) groups is 1. The van der Waals surface area contributed by atoms with E-state index in [1.807, 2.05) is 6.92 Å². The summed E-state index contributed by atoms with van der Waals surface area (Å²) in [6.07, 6.45) is 3.22. The van der Waals surface area contributed by atoms with Gasteiger partial charge in [-0.2, -0.15) is 0 Å². The Kier molecular flexibility index (Phi) is 4.90. The molecule has 1 saturated carbocycles. The van der Waals surface area contributed by atoms with Gasteiger partial charge in [0.25, 0.3) is 0 Å². The standard InChI is InChI=1S/C10H20N2O2/c1-8(4-5-13)12-10(14)7-11-6-9-2-3-9/h8-9,11,13H,2-7H2,1H3,(H,12,14). The van der Waals surface area contributed by atoms with Gasteiger partial charge in [0.1, 0.15) is 0 Å². The molecule has 0 aliphatic heterocycles. The zero-order valence-electron chi connectivity index (χ0n) is 8.75. The Hall–Kier alpha value is -0.610. The normalized spacial score (nSPS) is 17.9. The third-order valence-electron chi connectivity index (χ3n) is 2.38. The van der Waals surface area contributed by atoms with Gasteiger partial charge in [-0.3, -0.25) is 4.79 Å². The third-order valence-corrected chi connectivity index (χ3v) is 2.38. The Bertz CT molecular complexity index is 181. The molecule has 0 aromatic heterocycles. The molecule has 1 atom stereocenters. The molecule has 82 valence electrons. The van der Waals surface area contributed by atoms with Crippen LogP contribution in [0.4, 0.5) is 0 Å². The summed E-state index contributed by atoms with van der Waals surface area (Å²) in [5.74, 6) is 0.823. The van der Waals surface area contributed by atoms with Crippen LogP contribution in [0.3, 0.4) is 0 Å². The Morgan fingerprint density at radius 3 is 2.86 bits per heavy atom. The van der Waals surface area contributed by atoms with E-state index in [0.29, 0.717) is 13.0 Å². The number of rotatable bonds is 7. The monoisotopic (exact) mass is 200 g/mol. The summed E-state index contributed by atoms with van der Waals surface area (Å²) in [5.41, 5.74) is 0. The molecule has 0 aromatic rings. The first kappa shape index (κ1) is 11.5. The topological polar surface area (TPSA) is 61.4 Å². The quantitative estimate of drug-likeness (QED) is 0.536. The number of hydrogen-bond donors (Lipinski definition) is 3. The van der Waals surface area contributed by atoms with Gasteiger partial charge in [0.05, 0.1) is 6.54 Å². The van der Waals surface area contributed by atoms with Gasteiger partial charge >= 0.3 is 0 Å². The molecule has 14 heavy (non-hydrogen) atoms. The zero-order chi connectivity index (χ0) is 10.4. The van der Waals surface area contributed by atoms with E-state index >= 15 is 0 Å². The van der Waals surface area contributed by atoms with Crippen LogP contribution in [0.5, 0.6) is 0 Å². The number of carbonyl (C=O) groups excluding carboxylic acids is 1. The van der Waals surface area contributed by atoms with Crippen molar-refractivity contribution in [2.45, 2.75) is 32.2 Å². The smallest absolute Gasteiger partial charge is 0.234 e. The molecular weight excluding hydrogens is 180 g/mol. The fourth-order valence-corrected chi connectivity index (χ4v) is 1.30. The highest BCUT2D eigenvalue weighted by Crippen LogP contribution is 2.27. The summed E-state index contributed by atoms with van der Waals surface area (Å²) in [6, 6.07) is 0.0650. The van der Waals surface area contributed by atoms with Crippen molar-refractivity contribution >= 4 is 5.91 Å². The molecule has 0 heterocycles. The van der Waals surface area contributed by atoms with Crippen molar-refractivity contribution in [3.05, 3.63) is 0 Å². The summed E-state index contributed by atoms with van der Waals surface area (Å²) >= 11 is 0. The van der Waals surface area contributed by atoms with Crippen molar-refractivity contribution in [1.29, 1.82) is 0 Å². The van der Waals surface area contributed by atoms with E-state index in [0.717, 1.165) is 12.5 Å². The maximum Gasteiger partial charge on any atom is 0.234 e. The zero-order valence-corrected chi connectivity index (χ0v) is 8.75. The van der Waals surface area contributed by atoms with Crippen LogP contribution in [0.1, 0.15) is 26.2 Å². The summed E-state index contributed by atoms with van der Waals surface area (Å²) in [5, 5.41) is 14.6. The maximum absolute atomic E-state index is 11.3. The highest BCUT2D eigenvalue weighted by Gasteiger charge is 2.20. The minimum absolute atomic E-state index is 0.0200. The molecule has 0 radical (unpaired) electrons. The second-order valence-electron chi connectivity index (χ2n) is 4.06. The van der Waals surface area contributed by atoms with Gasteiger partial charge in [-0.25, -0.2) is 0 Å². The molecule has 4 heteroatoms. The molecular formula is C10H20N2O2. The van der Waals surface area contributed by atoms with Crippen LogP contribution in [0, 0.1) is 5.92 Å². The van der Waals surface area contributed by atoms with Gasteiger partial charge in [0.2, 0.25) is 5.91 Å². The van der Waals surface area contributed by atoms with Crippen molar-refractivity contribution < 1.29 is 9.90 Å². The molecule has 0 bridgehead atoms. The van der Waals surface area contributed by atoms with Gasteiger partial charge < -0.3 is 15.7 Å². The summed E-state index contributed by atoms with van der Waals surface area (Å²) < 4.78 is 0. The number of aliphatic hydroxyl groups excluding tert-OH is 1. The Labute approximate surface area is 85.1 Å². The van der Waals surface area contributed by atoms with E-state index in [2.05, 4.69) is 10.6 Å². The summed E-state index contributed by atoms with van der Waals surface area (Å²) in [6.45, 7) is 3.38. The van der Waals surface area contributed by atoms with Gasteiger partial charge in [0.15, 0.2) is 0 Å². The van der Waals surface area contributed by atoms with Crippen molar-refractivity contribution in [2.75, 3.05) is 19.7 Å². The van der Waals surface area contributed by atoms with Crippen LogP contribution in [-0.4, -0.2) is 36.8 Å². The fourth-order valence-electron chi connectivity index (χ4n) is 1.30. The van der Waals surface area contributed by atoms with Crippen LogP contribution < -0.4 is 10.6 Å². The van der Waals surface area contributed by atoms with Gasteiger partial charge in [0, 0.05) is 12.6 Å². The summed E-state index contributed by atoms with van der Waals surface area (Å²) in [4.78, 5) is 11.3. The number of hydrogen-bond acceptors (Lipinski definition) is 3. The third kappa shape index (κ3) is 5.19. The molecule has 1 aliphatic rings. The minimum Gasteiger partial charge on any atom is -0.396 e. The predicted octanol–water partition coefficient (Wildman–Crippen LogP) is -0.127. The van der Waals surface area contributed by atoms with E-state index in [1.54, 1.807) is 0 Å². The lowest BCUT2D eigenvalue weighted by Gasteiger charge is -2.12. The Balaban J connectivity index is 1.96. The van der Waals surface area contributed by atoms with E-state index in [4.69, 9.17) is 5.11 Å². The number of nitrogens with one attached hydrogen (secondary N) is 2. The van der Waals surface area contributed by atoms with Crippen molar-refractivity contribution in [3.63, 3.8) is 0 Å². The van der Waals surface area contributed by atoms with E-state index in [9.17, 15) is 4.79 Å². The average Bonchev–Trinajstić information content (AvgIpc) is 2.88. The SMILES string of the molecule is CC(CCO)NC(=O)CNCC1CC1. The number of amides is 1.